The fraction of sp³-hybridized carbons (Fsp3) is 0.667. The van der Waals surface area contributed by atoms with Crippen molar-refractivity contribution in [3.8, 4) is 0 Å². The van der Waals surface area contributed by atoms with Crippen LogP contribution < -0.4 is 0 Å². The van der Waals surface area contributed by atoms with Crippen LogP contribution in [-0.2, 0) is 11.8 Å². The van der Waals surface area contributed by atoms with Gasteiger partial charge in [0.25, 0.3) is 0 Å². The molecule has 0 unspecified atom stereocenters. The van der Waals surface area contributed by atoms with E-state index in [0.717, 1.165) is 5.82 Å². The number of rotatable bonds is 1. The Morgan fingerprint density at radius 2 is 2.06 bits per heavy atom. The Labute approximate surface area is 101 Å². The average Bonchev–Trinajstić information content (AvgIpc) is 2.69. The van der Waals surface area contributed by atoms with E-state index in [-0.39, 0.29) is 23.8 Å². The number of hydrogen-bond acceptors (Lipinski definition) is 3. The second kappa shape index (κ2) is 3.75. The monoisotopic (exact) mass is 237 g/mol. The van der Waals surface area contributed by atoms with Crippen molar-refractivity contribution in [2.75, 3.05) is 0 Å². The normalized spacial score (nSPS) is 25.2. The first kappa shape index (κ1) is 12.0. The summed E-state index contributed by atoms with van der Waals surface area (Å²) < 4.78 is 7.33. The molecule has 1 amide bonds. The first-order valence-electron chi connectivity index (χ1n) is 5.79. The number of ether oxygens (including phenoxy) is 1. The zero-order valence-electron chi connectivity index (χ0n) is 11.0. The molecule has 17 heavy (non-hydrogen) atoms. The van der Waals surface area contributed by atoms with Crippen LogP contribution >= 0.6 is 0 Å². The SMILES string of the molecule is C[C@@H]1[C@H](c2nccn2C)OC(=O)N1C(C)(C)C. The zero-order chi connectivity index (χ0) is 12.8. The molecule has 1 saturated heterocycles. The highest BCUT2D eigenvalue weighted by molar-refractivity contribution is 5.71. The summed E-state index contributed by atoms with van der Waals surface area (Å²) in [5, 5.41) is 0. The highest BCUT2D eigenvalue weighted by Gasteiger charge is 2.46. The minimum Gasteiger partial charge on any atom is -0.436 e. The summed E-state index contributed by atoms with van der Waals surface area (Å²) in [5.41, 5.74) is -0.240. The number of aryl methyl sites for hydroxylation is 1. The number of hydrogen-bond donors (Lipinski definition) is 0. The van der Waals surface area contributed by atoms with Gasteiger partial charge in [0.1, 0.15) is 0 Å². The highest BCUT2D eigenvalue weighted by Crippen LogP contribution is 2.35. The lowest BCUT2D eigenvalue weighted by Gasteiger charge is -2.33. The smallest absolute Gasteiger partial charge is 0.411 e. The molecule has 0 radical (unpaired) electrons. The largest absolute Gasteiger partial charge is 0.436 e. The molecular weight excluding hydrogens is 218 g/mol. The van der Waals surface area contributed by atoms with Gasteiger partial charge in [0.05, 0.1) is 6.04 Å². The molecule has 94 valence electrons. The van der Waals surface area contributed by atoms with Crippen LogP contribution in [0.25, 0.3) is 0 Å². The van der Waals surface area contributed by atoms with Crippen molar-refractivity contribution in [3.05, 3.63) is 18.2 Å². The lowest BCUT2D eigenvalue weighted by molar-refractivity contribution is 0.117. The van der Waals surface area contributed by atoms with Gasteiger partial charge >= 0.3 is 6.09 Å². The van der Waals surface area contributed by atoms with Gasteiger partial charge in [0.15, 0.2) is 11.9 Å². The summed E-state index contributed by atoms with van der Waals surface area (Å²) in [6, 6.07) is -0.0106. The molecule has 2 rings (SSSR count). The third-order valence-corrected chi connectivity index (χ3v) is 3.11. The van der Waals surface area contributed by atoms with E-state index in [2.05, 4.69) is 4.98 Å². The summed E-state index contributed by atoms with van der Waals surface area (Å²) in [5.74, 6) is 0.789. The number of nitrogens with zero attached hydrogens (tertiary/aromatic N) is 3. The van der Waals surface area contributed by atoms with Gasteiger partial charge in [-0.3, -0.25) is 4.90 Å². The number of carbonyl (C=O) groups excluding carboxylic acids is 1. The number of amides is 1. The summed E-state index contributed by atoms with van der Waals surface area (Å²) in [4.78, 5) is 17.9. The lowest BCUT2D eigenvalue weighted by atomic mass is 10.0. The fourth-order valence-corrected chi connectivity index (χ4v) is 2.37. The molecule has 2 atom stereocenters. The third kappa shape index (κ3) is 1.90. The Balaban J connectivity index is 2.31. The zero-order valence-corrected chi connectivity index (χ0v) is 11.0. The molecule has 0 N–H and O–H groups in total. The van der Waals surface area contributed by atoms with Crippen LogP contribution in [0.1, 0.15) is 39.6 Å². The predicted molar refractivity (Wildman–Crippen MR) is 63.5 cm³/mol. The van der Waals surface area contributed by atoms with Crippen molar-refractivity contribution in [1.29, 1.82) is 0 Å². The number of imidazole rings is 1. The van der Waals surface area contributed by atoms with E-state index in [0.29, 0.717) is 0 Å². The van der Waals surface area contributed by atoms with Crippen molar-refractivity contribution in [2.45, 2.75) is 45.4 Å². The summed E-state index contributed by atoms with van der Waals surface area (Å²) in [7, 11) is 1.91. The van der Waals surface area contributed by atoms with Crippen molar-refractivity contribution in [3.63, 3.8) is 0 Å². The maximum absolute atomic E-state index is 11.9. The molecule has 0 spiro atoms. The van der Waals surface area contributed by atoms with Gasteiger partial charge in [0, 0.05) is 25.0 Å². The molecule has 1 fully saturated rings. The van der Waals surface area contributed by atoms with E-state index >= 15 is 0 Å². The Morgan fingerprint density at radius 3 is 2.47 bits per heavy atom. The molecule has 5 nitrogen and oxygen atoms in total. The summed E-state index contributed by atoms with van der Waals surface area (Å²) in [6.07, 6.45) is 3.02. The molecule has 1 aromatic heterocycles. The van der Waals surface area contributed by atoms with E-state index in [1.165, 1.54) is 0 Å². The predicted octanol–water partition coefficient (Wildman–Crippen LogP) is 2.10. The van der Waals surface area contributed by atoms with Crippen LogP contribution in [0.15, 0.2) is 12.4 Å². The average molecular weight is 237 g/mol. The standard InChI is InChI=1S/C12H19N3O2/c1-8-9(10-13-6-7-14(10)5)17-11(16)15(8)12(2,3)4/h6-9H,1-5H3/t8-,9-/m1/s1. The van der Waals surface area contributed by atoms with E-state index in [9.17, 15) is 4.79 Å². The molecule has 0 aliphatic carbocycles. The van der Waals surface area contributed by atoms with Crippen molar-refractivity contribution in [2.24, 2.45) is 7.05 Å². The van der Waals surface area contributed by atoms with Crippen LogP contribution in [0.5, 0.6) is 0 Å². The molecule has 2 heterocycles. The second-order valence-electron chi connectivity index (χ2n) is 5.48. The van der Waals surface area contributed by atoms with Crippen LogP contribution in [0.4, 0.5) is 4.79 Å². The number of aromatic nitrogens is 2. The van der Waals surface area contributed by atoms with Crippen LogP contribution in [0.3, 0.4) is 0 Å². The van der Waals surface area contributed by atoms with Gasteiger partial charge in [-0.2, -0.15) is 0 Å². The summed E-state index contributed by atoms with van der Waals surface area (Å²) >= 11 is 0. The van der Waals surface area contributed by atoms with E-state index in [1.807, 2.05) is 45.5 Å². The first-order valence-corrected chi connectivity index (χ1v) is 5.79. The maximum Gasteiger partial charge on any atom is 0.411 e. The molecule has 0 saturated carbocycles. The van der Waals surface area contributed by atoms with Crippen molar-refractivity contribution < 1.29 is 9.53 Å². The Hall–Kier alpha value is -1.52. The van der Waals surface area contributed by atoms with Gasteiger partial charge in [-0.15, -0.1) is 0 Å². The minimum atomic E-state index is -0.290. The van der Waals surface area contributed by atoms with Crippen molar-refractivity contribution in [1.82, 2.24) is 14.5 Å². The molecule has 0 bridgehead atoms. The Morgan fingerprint density at radius 1 is 1.41 bits per heavy atom. The van der Waals surface area contributed by atoms with E-state index < -0.39 is 0 Å². The number of carbonyl (C=O) groups is 1. The second-order valence-corrected chi connectivity index (χ2v) is 5.48. The molecule has 0 aromatic carbocycles. The lowest BCUT2D eigenvalue weighted by Crippen LogP contribution is -2.46. The Kier molecular flexibility index (Phi) is 2.64. The summed E-state index contributed by atoms with van der Waals surface area (Å²) in [6.45, 7) is 8.01. The van der Waals surface area contributed by atoms with Gasteiger partial charge in [-0.05, 0) is 27.7 Å². The van der Waals surface area contributed by atoms with Crippen LogP contribution in [-0.4, -0.2) is 32.1 Å². The molecule has 1 aliphatic rings. The molecule has 1 aliphatic heterocycles. The van der Waals surface area contributed by atoms with E-state index in [1.54, 1.807) is 11.1 Å². The Bertz CT molecular complexity index is 433. The minimum absolute atomic E-state index is 0.0106. The quantitative estimate of drug-likeness (QED) is 0.751. The van der Waals surface area contributed by atoms with Crippen molar-refractivity contribution >= 4 is 6.09 Å². The maximum atomic E-state index is 11.9. The van der Waals surface area contributed by atoms with E-state index in [4.69, 9.17) is 4.74 Å². The van der Waals surface area contributed by atoms with Gasteiger partial charge in [-0.1, -0.05) is 0 Å². The van der Waals surface area contributed by atoms with Crippen LogP contribution in [0, 0.1) is 0 Å². The molecular formula is C12H19N3O2. The number of cyclic esters (lactones) is 1. The third-order valence-electron chi connectivity index (χ3n) is 3.11. The topological polar surface area (TPSA) is 47.4 Å². The van der Waals surface area contributed by atoms with Crippen LogP contribution in [0.2, 0.25) is 0 Å². The fourth-order valence-electron chi connectivity index (χ4n) is 2.37. The van der Waals surface area contributed by atoms with Gasteiger partial charge in [-0.25, -0.2) is 9.78 Å². The van der Waals surface area contributed by atoms with Gasteiger partial charge < -0.3 is 9.30 Å². The first-order chi connectivity index (χ1) is 7.82. The highest BCUT2D eigenvalue weighted by atomic mass is 16.6. The molecule has 5 heteroatoms. The van der Waals surface area contributed by atoms with Gasteiger partial charge in [0.2, 0.25) is 0 Å². The molecule has 1 aromatic rings.